The summed E-state index contributed by atoms with van der Waals surface area (Å²) in [6, 6.07) is 2.00. The van der Waals surface area contributed by atoms with Crippen molar-refractivity contribution in [3.63, 3.8) is 0 Å². The Morgan fingerprint density at radius 1 is 1.40 bits per heavy atom. The highest BCUT2D eigenvalue weighted by molar-refractivity contribution is 5.76. The zero-order chi connectivity index (χ0) is 18.4. The van der Waals surface area contributed by atoms with Crippen molar-refractivity contribution >= 4 is 5.91 Å². The molecule has 1 aliphatic rings. The highest BCUT2D eigenvalue weighted by atomic mass is 16.5. The molecule has 0 radical (unpaired) electrons. The van der Waals surface area contributed by atoms with Gasteiger partial charge >= 0.3 is 0 Å². The lowest BCUT2D eigenvalue weighted by molar-refractivity contribution is -0.121. The fraction of sp³-hybridized carbons (Fsp3) is 0.611. The first-order valence-electron chi connectivity index (χ1n) is 8.64. The number of amides is 1. The molecule has 136 valence electrons. The lowest BCUT2D eigenvalue weighted by atomic mass is 9.99. The first kappa shape index (κ1) is 19.2. The molecule has 7 heteroatoms. The molecule has 0 aromatic carbocycles. The van der Waals surface area contributed by atoms with Crippen LogP contribution in [-0.4, -0.2) is 54.7 Å². The Kier molecular flexibility index (Phi) is 6.73. The van der Waals surface area contributed by atoms with Crippen LogP contribution in [0.25, 0.3) is 0 Å². The van der Waals surface area contributed by atoms with Crippen LogP contribution in [0.3, 0.4) is 0 Å². The molecule has 2 rings (SSSR count). The number of aryl methyl sites for hydroxylation is 1. The summed E-state index contributed by atoms with van der Waals surface area (Å²) in [5, 5.41) is 12.1. The van der Waals surface area contributed by atoms with Crippen molar-refractivity contribution in [3.05, 3.63) is 32.7 Å². The molecule has 1 unspecified atom stereocenters. The highest BCUT2D eigenvalue weighted by Gasteiger charge is 2.17. The van der Waals surface area contributed by atoms with E-state index in [1.54, 1.807) is 13.8 Å². The Labute approximate surface area is 148 Å². The molecule has 0 aliphatic carbocycles. The van der Waals surface area contributed by atoms with Gasteiger partial charge in [0.15, 0.2) is 0 Å². The average Bonchev–Trinajstić information content (AvgIpc) is 2.55. The molecule has 1 fully saturated rings. The number of nitriles is 1. The van der Waals surface area contributed by atoms with E-state index in [1.165, 1.54) is 0 Å². The number of hydrogen-bond donors (Lipinski definition) is 2. The van der Waals surface area contributed by atoms with Crippen molar-refractivity contribution in [1.29, 1.82) is 5.26 Å². The number of carbonyl (C=O) groups is 1. The zero-order valence-electron chi connectivity index (χ0n) is 15.1. The molecule has 0 spiro atoms. The molecule has 1 aromatic rings. The quantitative estimate of drug-likeness (QED) is 0.787. The lowest BCUT2D eigenvalue weighted by Crippen LogP contribution is -2.46. The smallest absolute Gasteiger partial charge is 0.266 e. The number of aromatic nitrogens is 1. The standard InChI is InChI=1S/C18H26N4O3/c1-12(11-22-6-8-25-9-7-22)20-17(23)5-4-15-13(2)16(10-19)18(24)21-14(15)3/h12H,4-9,11H2,1-3H3,(H,20,23)(H,21,24). The maximum Gasteiger partial charge on any atom is 0.266 e. The van der Waals surface area contributed by atoms with Crippen LogP contribution in [-0.2, 0) is 16.0 Å². The normalized spacial score (nSPS) is 16.2. The van der Waals surface area contributed by atoms with Gasteiger partial charge in [-0.05, 0) is 38.3 Å². The minimum absolute atomic E-state index is 0.0238. The fourth-order valence-corrected chi connectivity index (χ4v) is 3.22. The van der Waals surface area contributed by atoms with Gasteiger partial charge in [-0.3, -0.25) is 14.5 Å². The highest BCUT2D eigenvalue weighted by Crippen LogP contribution is 2.15. The first-order chi connectivity index (χ1) is 11.9. The van der Waals surface area contributed by atoms with E-state index in [0.717, 1.165) is 44.1 Å². The second-order valence-corrected chi connectivity index (χ2v) is 6.55. The fourth-order valence-electron chi connectivity index (χ4n) is 3.22. The van der Waals surface area contributed by atoms with E-state index in [-0.39, 0.29) is 23.1 Å². The first-order valence-corrected chi connectivity index (χ1v) is 8.64. The van der Waals surface area contributed by atoms with E-state index >= 15 is 0 Å². The predicted molar refractivity (Wildman–Crippen MR) is 94.4 cm³/mol. The van der Waals surface area contributed by atoms with Crippen molar-refractivity contribution in [2.45, 2.75) is 39.7 Å². The van der Waals surface area contributed by atoms with Gasteiger partial charge in [-0.1, -0.05) is 0 Å². The summed E-state index contributed by atoms with van der Waals surface area (Å²) in [7, 11) is 0. The molecule has 7 nitrogen and oxygen atoms in total. The number of H-pyrrole nitrogens is 1. The van der Waals surface area contributed by atoms with Crippen LogP contribution in [0.2, 0.25) is 0 Å². The largest absolute Gasteiger partial charge is 0.379 e. The number of carbonyl (C=O) groups excluding carboxylic acids is 1. The molecule has 2 heterocycles. The Morgan fingerprint density at radius 2 is 2.08 bits per heavy atom. The number of nitrogens with zero attached hydrogens (tertiary/aromatic N) is 2. The van der Waals surface area contributed by atoms with Gasteiger partial charge in [-0.25, -0.2) is 0 Å². The summed E-state index contributed by atoms with van der Waals surface area (Å²) in [6.07, 6.45) is 0.825. The molecule has 1 aliphatic heterocycles. The predicted octanol–water partition coefficient (Wildman–Crippen LogP) is 0.633. The summed E-state index contributed by atoms with van der Waals surface area (Å²) in [4.78, 5) is 28.9. The minimum atomic E-state index is -0.371. The molecule has 1 saturated heterocycles. The van der Waals surface area contributed by atoms with Crippen molar-refractivity contribution < 1.29 is 9.53 Å². The monoisotopic (exact) mass is 346 g/mol. The van der Waals surface area contributed by atoms with Crippen LogP contribution < -0.4 is 10.9 Å². The third-order valence-electron chi connectivity index (χ3n) is 4.57. The van der Waals surface area contributed by atoms with Crippen LogP contribution in [0.1, 0.15) is 35.7 Å². The van der Waals surface area contributed by atoms with E-state index < -0.39 is 0 Å². The number of nitrogens with one attached hydrogen (secondary N) is 2. The third kappa shape index (κ3) is 5.15. The molecule has 2 N–H and O–H groups in total. The van der Waals surface area contributed by atoms with Crippen LogP contribution in [0.4, 0.5) is 0 Å². The topological polar surface area (TPSA) is 98.2 Å². The SMILES string of the molecule is Cc1[nH]c(=O)c(C#N)c(C)c1CCC(=O)NC(C)CN1CCOCC1. The van der Waals surface area contributed by atoms with E-state index in [2.05, 4.69) is 15.2 Å². The average molecular weight is 346 g/mol. The van der Waals surface area contributed by atoms with Gasteiger partial charge < -0.3 is 15.0 Å². The summed E-state index contributed by atoms with van der Waals surface area (Å²) in [5.74, 6) is -0.0238. The number of morpholine rings is 1. The van der Waals surface area contributed by atoms with Crippen LogP contribution in [0, 0.1) is 25.2 Å². The molecule has 0 saturated carbocycles. The number of aromatic amines is 1. The second-order valence-electron chi connectivity index (χ2n) is 6.55. The number of rotatable bonds is 6. The lowest BCUT2D eigenvalue weighted by Gasteiger charge is -2.29. The van der Waals surface area contributed by atoms with E-state index in [4.69, 9.17) is 10.00 Å². The van der Waals surface area contributed by atoms with Crippen molar-refractivity contribution in [2.24, 2.45) is 0 Å². The summed E-state index contributed by atoms with van der Waals surface area (Å²) in [5.41, 5.74) is 2.01. The Bertz CT molecular complexity index is 714. The van der Waals surface area contributed by atoms with Gasteiger partial charge in [-0.15, -0.1) is 0 Å². The van der Waals surface area contributed by atoms with Gasteiger partial charge in [0.05, 0.1) is 13.2 Å². The van der Waals surface area contributed by atoms with Crippen LogP contribution >= 0.6 is 0 Å². The van der Waals surface area contributed by atoms with Crippen LogP contribution in [0.5, 0.6) is 0 Å². The third-order valence-corrected chi connectivity index (χ3v) is 4.57. The molecule has 25 heavy (non-hydrogen) atoms. The van der Waals surface area contributed by atoms with Crippen molar-refractivity contribution in [1.82, 2.24) is 15.2 Å². The molecule has 1 aromatic heterocycles. The molecule has 1 atom stereocenters. The Balaban J connectivity index is 1.89. The van der Waals surface area contributed by atoms with E-state index in [9.17, 15) is 9.59 Å². The van der Waals surface area contributed by atoms with Gasteiger partial charge in [0.2, 0.25) is 5.91 Å². The van der Waals surface area contributed by atoms with E-state index in [1.807, 2.05) is 13.0 Å². The Hall–Kier alpha value is -2.17. The zero-order valence-corrected chi connectivity index (χ0v) is 15.1. The Morgan fingerprint density at radius 3 is 2.72 bits per heavy atom. The maximum absolute atomic E-state index is 12.2. The van der Waals surface area contributed by atoms with Gasteiger partial charge in [0.1, 0.15) is 11.6 Å². The number of ether oxygens (including phenoxy) is 1. The maximum atomic E-state index is 12.2. The minimum Gasteiger partial charge on any atom is -0.379 e. The van der Waals surface area contributed by atoms with Gasteiger partial charge in [-0.2, -0.15) is 5.26 Å². The second kappa shape index (κ2) is 8.79. The molecule has 0 bridgehead atoms. The summed E-state index contributed by atoms with van der Waals surface area (Å²) >= 11 is 0. The van der Waals surface area contributed by atoms with Crippen LogP contribution in [0.15, 0.2) is 4.79 Å². The molecule has 1 amide bonds. The van der Waals surface area contributed by atoms with Gasteiger partial charge in [0.25, 0.3) is 5.56 Å². The van der Waals surface area contributed by atoms with Gasteiger partial charge in [0, 0.05) is 37.8 Å². The molecular formula is C18H26N4O3. The number of pyridine rings is 1. The van der Waals surface area contributed by atoms with E-state index in [0.29, 0.717) is 18.4 Å². The van der Waals surface area contributed by atoms with Crippen molar-refractivity contribution in [3.8, 4) is 6.07 Å². The summed E-state index contributed by atoms with van der Waals surface area (Å²) < 4.78 is 5.32. The molecular weight excluding hydrogens is 320 g/mol. The van der Waals surface area contributed by atoms with Crippen molar-refractivity contribution in [2.75, 3.05) is 32.8 Å². The number of hydrogen-bond acceptors (Lipinski definition) is 5. The summed E-state index contributed by atoms with van der Waals surface area (Å²) in [6.45, 7) is 9.64.